The summed E-state index contributed by atoms with van der Waals surface area (Å²) in [6, 6.07) is 10.1. The van der Waals surface area contributed by atoms with Crippen LogP contribution in [0.15, 0.2) is 36.5 Å². The van der Waals surface area contributed by atoms with E-state index in [0.717, 1.165) is 35.6 Å². The number of aryl methyl sites for hydroxylation is 2. The lowest BCUT2D eigenvalue weighted by Crippen LogP contribution is -2.32. The summed E-state index contributed by atoms with van der Waals surface area (Å²) in [5, 5.41) is 2.97. The Labute approximate surface area is 124 Å². The number of hydrogen-bond donors (Lipinski definition) is 1. The van der Waals surface area contributed by atoms with Gasteiger partial charge in [-0.15, -0.1) is 0 Å². The fourth-order valence-corrected chi connectivity index (χ4v) is 2.85. The first-order valence-corrected chi connectivity index (χ1v) is 7.19. The van der Waals surface area contributed by atoms with Crippen LogP contribution in [0.3, 0.4) is 0 Å². The molecule has 3 rings (SSSR count). The molecular weight excluding hydrogens is 262 g/mol. The van der Waals surface area contributed by atoms with Crippen molar-refractivity contribution in [3.63, 3.8) is 0 Å². The Kier molecular flexibility index (Phi) is 3.60. The number of amides is 1. The number of rotatable bonds is 3. The molecule has 4 heteroatoms. The van der Waals surface area contributed by atoms with Gasteiger partial charge in [-0.25, -0.2) is 4.98 Å². The molecule has 0 spiro atoms. The Hall–Kier alpha value is -2.36. The van der Waals surface area contributed by atoms with Crippen molar-refractivity contribution in [1.29, 1.82) is 0 Å². The van der Waals surface area contributed by atoms with Gasteiger partial charge in [-0.1, -0.05) is 12.1 Å². The van der Waals surface area contributed by atoms with Crippen molar-refractivity contribution in [2.75, 3.05) is 23.3 Å². The molecule has 1 amide bonds. The summed E-state index contributed by atoms with van der Waals surface area (Å²) in [5.41, 5.74) is 4.38. The molecule has 0 bridgehead atoms. The lowest BCUT2D eigenvalue weighted by Gasteiger charge is -2.17. The van der Waals surface area contributed by atoms with Gasteiger partial charge in [0.05, 0.1) is 6.54 Å². The Morgan fingerprint density at radius 1 is 1.29 bits per heavy atom. The number of hydrogen-bond acceptors (Lipinski definition) is 3. The first-order chi connectivity index (χ1) is 10.1. The molecule has 1 aromatic carbocycles. The van der Waals surface area contributed by atoms with Crippen LogP contribution in [0.5, 0.6) is 0 Å². The lowest BCUT2D eigenvalue weighted by atomic mass is 10.1. The largest absolute Gasteiger partial charge is 0.347 e. The highest BCUT2D eigenvalue weighted by Gasteiger charge is 2.21. The second-order valence-corrected chi connectivity index (χ2v) is 5.58. The fraction of sp³-hybridized carbons (Fsp3) is 0.294. The lowest BCUT2D eigenvalue weighted by molar-refractivity contribution is -0.115. The number of carbonyl (C=O) groups is 1. The quantitative estimate of drug-likeness (QED) is 0.941. The fourth-order valence-electron chi connectivity index (χ4n) is 2.85. The number of aromatic nitrogens is 1. The van der Waals surface area contributed by atoms with Crippen molar-refractivity contribution in [1.82, 2.24) is 4.98 Å². The molecule has 0 aliphatic carbocycles. The normalized spacial score (nSPS) is 13.1. The second kappa shape index (κ2) is 5.56. The molecule has 0 saturated carbocycles. The summed E-state index contributed by atoms with van der Waals surface area (Å²) >= 11 is 0. The van der Waals surface area contributed by atoms with Gasteiger partial charge in [-0.2, -0.15) is 0 Å². The van der Waals surface area contributed by atoms with Crippen LogP contribution in [-0.4, -0.2) is 24.0 Å². The molecule has 0 unspecified atom stereocenters. The van der Waals surface area contributed by atoms with E-state index in [9.17, 15) is 4.79 Å². The van der Waals surface area contributed by atoms with Crippen LogP contribution in [0.2, 0.25) is 0 Å². The van der Waals surface area contributed by atoms with Gasteiger partial charge in [-0.05, 0) is 55.2 Å². The molecule has 0 atom stereocenters. The van der Waals surface area contributed by atoms with Crippen LogP contribution in [0.25, 0.3) is 0 Å². The molecule has 21 heavy (non-hydrogen) atoms. The monoisotopic (exact) mass is 281 g/mol. The first-order valence-electron chi connectivity index (χ1n) is 7.19. The smallest absolute Gasteiger partial charge is 0.243 e. The summed E-state index contributed by atoms with van der Waals surface area (Å²) in [7, 11) is 0. The predicted octanol–water partition coefficient (Wildman–Crippen LogP) is 2.70. The maximum atomic E-state index is 12.2. The van der Waals surface area contributed by atoms with Crippen LogP contribution in [-0.2, 0) is 11.2 Å². The number of nitrogens with zero attached hydrogens (tertiary/aromatic N) is 2. The van der Waals surface area contributed by atoms with Crippen LogP contribution in [0.1, 0.15) is 16.7 Å². The molecule has 1 aliphatic heterocycles. The number of anilines is 2. The first kappa shape index (κ1) is 13.6. The minimum Gasteiger partial charge on any atom is -0.347 e. The summed E-state index contributed by atoms with van der Waals surface area (Å²) in [6.45, 7) is 5.26. The highest BCUT2D eigenvalue weighted by molar-refractivity contribution is 5.94. The van der Waals surface area contributed by atoms with E-state index in [0.29, 0.717) is 6.54 Å². The van der Waals surface area contributed by atoms with Crippen molar-refractivity contribution >= 4 is 17.4 Å². The molecule has 0 fully saturated rings. The van der Waals surface area contributed by atoms with E-state index < -0.39 is 0 Å². The van der Waals surface area contributed by atoms with Crippen molar-refractivity contribution in [3.8, 4) is 0 Å². The SMILES string of the molecule is Cc1cc(C)cc(NC(=O)CN2CCc3cccnc32)c1. The zero-order valence-corrected chi connectivity index (χ0v) is 12.4. The van der Waals surface area contributed by atoms with Crippen molar-refractivity contribution < 1.29 is 4.79 Å². The maximum absolute atomic E-state index is 12.2. The minimum absolute atomic E-state index is 0.00139. The van der Waals surface area contributed by atoms with Crippen LogP contribution in [0.4, 0.5) is 11.5 Å². The summed E-state index contributed by atoms with van der Waals surface area (Å²) < 4.78 is 0. The third-order valence-corrected chi connectivity index (χ3v) is 3.66. The van der Waals surface area contributed by atoms with E-state index in [1.165, 1.54) is 5.56 Å². The molecule has 1 aliphatic rings. The Balaban J connectivity index is 1.68. The number of fused-ring (bicyclic) bond motifs is 1. The van der Waals surface area contributed by atoms with Gasteiger partial charge in [0.25, 0.3) is 0 Å². The molecule has 2 aromatic rings. The minimum atomic E-state index is -0.00139. The number of pyridine rings is 1. The number of benzene rings is 1. The van der Waals surface area contributed by atoms with E-state index >= 15 is 0 Å². The standard InChI is InChI=1S/C17H19N3O/c1-12-8-13(2)10-15(9-12)19-16(21)11-20-7-5-14-4-3-6-18-17(14)20/h3-4,6,8-10H,5,7,11H2,1-2H3,(H,19,21). The van der Waals surface area contributed by atoms with Gasteiger partial charge in [0.1, 0.15) is 5.82 Å². The molecule has 1 aromatic heterocycles. The van der Waals surface area contributed by atoms with Gasteiger partial charge in [-0.3, -0.25) is 4.79 Å². The topological polar surface area (TPSA) is 45.2 Å². The molecule has 2 heterocycles. The van der Waals surface area contributed by atoms with E-state index in [1.807, 2.05) is 36.9 Å². The van der Waals surface area contributed by atoms with Gasteiger partial charge >= 0.3 is 0 Å². The van der Waals surface area contributed by atoms with Gasteiger partial charge in [0.15, 0.2) is 0 Å². The van der Waals surface area contributed by atoms with E-state index in [1.54, 1.807) is 6.20 Å². The molecule has 108 valence electrons. The summed E-state index contributed by atoms with van der Waals surface area (Å²) in [4.78, 5) is 18.6. The summed E-state index contributed by atoms with van der Waals surface area (Å²) in [5.74, 6) is 0.937. The second-order valence-electron chi connectivity index (χ2n) is 5.58. The Morgan fingerprint density at radius 3 is 2.81 bits per heavy atom. The third kappa shape index (κ3) is 3.05. The Bertz CT molecular complexity index is 661. The molecule has 4 nitrogen and oxygen atoms in total. The molecular formula is C17H19N3O. The molecule has 0 radical (unpaired) electrons. The number of nitrogens with one attached hydrogen (secondary N) is 1. The number of carbonyl (C=O) groups excluding carboxylic acids is 1. The summed E-state index contributed by atoms with van der Waals surface area (Å²) in [6.07, 6.45) is 2.74. The zero-order valence-electron chi connectivity index (χ0n) is 12.4. The van der Waals surface area contributed by atoms with Crippen molar-refractivity contribution in [2.45, 2.75) is 20.3 Å². The third-order valence-electron chi connectivity index (χ3n) is 3.66. The van der Waals surface area contributed by atoms with E-state index in [2.05, 4.69) is 22.4 Å². The average molecular weight is 281 g/mol. The van der Waals surface area contributed by atoms with Gasteiger partial charge < -0.3 is 10.2 Å². The highest BCUT2D eigenvalue weighted by Crippen LogP contribution is 2.24. The molecule has 0 saturated heterocycles. The van der Waals surface area contributed by atoms with Crippen LogP contribution in [0, 0.1) is 13.8 Å². The maximum Gasteiger partial charge on any atom is 0.243 e. The van der Waals surface area contributed by atoms with Gasteiger partial charge in [0.2, 0.25) is 5.91 Å². The zero-order chi connectivity index (χ0) is 14.8. The van der Waals surface area contributed by atoms with Crippen LogP contribution < -0.4 is 10.2 Å². The van der Waals surface area contributed by atoms with Crippen molar-refractivity contribution in [3.05, 3.63) is 53.2 Å². The average Bonchev–Trinajstić information content (AvgIpc) is 2.81. The predicted molar refractivity (Wildman–Crippen MR) is 84.7 cm³/mol. The van der Waals surface area contributed by atoms with Gasteiger partial charge in [0, 0.05) is 18.4 Å². The highest BCUT2D eigenvalue weighted by atomic mass is 16.2. The van der Waals surface area contributed by atoms with E-state index in [-0.39, 0.29) is 5.91 Å². The van der Waals surface area contributed by atoms with Crippen molar-refractivity contribution in [2.24, 2.45) is 0 Å². The Morgan fingerprint density at radius 2 is 2.05 bits per heavy atom. The van der Waals surface area contributed by atoms with E-state index in [4.69, 9.17) is 0 Å². The molecule has 1 N–H and O–H groups in total. The van der Waals surface area contributed by atoms with Crippen LogP contribution >= 0.6 is 0 Å².